The van der Waals surface area contributed by atoms with E-state index in [-0.39, 0.29) is 17.6 Å². The Morgan fingerprint density at radius 2 is 1.92 bits per heavy atom. The number of carbonyl (C=O) groups is 2. The van der Waals surface area contributed by atoms with Crippen LogP contribution in [0.5, 0.6) is 0 Å². The summed E-state index contributed by atoms with van der Waals surface area (Å²) in [6.07, 6.45) is 3.17. The molecule has 2 aromatic rings. The smallest absolute Gasteiger partial charge is 0.326 e. The maximum atomic E-state index is 12.9. The molecule has 3 N–H and O–H groups in total. The zero-order valence-corrected chi connectivity index (χ0v) is 13.3. The van der Waals surface area contributed by atoms with Crippen LogP contribution >= 0.6 is 0 Å². The zero-order chi connectivity index (χ0) is 17.3. The molecule has 1 unspecified atom stereocenters. The summed E-state index contributed by atoms with van der Waals surface area (Å²) in [5.74, 6) is -1.38. The molecule has 1 amide bonds. The Bertz CT molecular complexity index is 772. The van der Waals surface area contributed by atoms with Gasteiger partial charge in [0.15, 0.2) is 0 Å². The van der Waals surface area contributed by atoms with Crippen LogP contribution in [-0.4, -0.2) is 39.0 Å². The van der Waals surface area contributed by atoms with Gasteiger partial charge in [0.2, 0.25) is 0 Å². The second-order valence-electron chi connectivity index (χ2n) is 5.94. The van der Waals surface area contributed by atoms with Gasteiger partial charge in [0.05, 0.1) is 16.9 Å². The summed E-state index contributed by atoms with van der Waals surface area (Å²) in [5.41, 5.74) is 8.11. The average molecular weight is 325 g/mol. The molecule has 0 bridgehead atoms. The van der Waals surface area contributed by atoms with E-state index >= 15 is 0 Å². The number of hydrogen-bond donors (Lipinski definition) is 2. The summed E-state index contributed by atoms with van der Waals surface area (Å²) in [4.78, 5) is 30.0. The number of benzene rings is 1. The summed E-state index contributed by atoms with van der Waals surface area (Å²) in [6.45, 7) is 1.52. The van der Waals surface area contributed by atoms with Crippen molar-refractivity contribution in [3.05, 3.63) is 48.2 Å². The van der Waals surface area contributed by atoms with Gasteiger partial charge in [-0.2, -0.15) is 0 Å². The van der Waals surface area contributed by atoms with Gasteiger partial charge in [0.25, 0.3) is 5.91 Å². The molecule has 0 spiro atoms. The molecule has 1 fully saturated rings. The van der Waals surface area contributed by atoms with E-state index in [9.17, 15) is 14.7 Å². The predicted octanol–water partition coefficient (Wildman–Crippen LogP) is 2.41. The van der Waals surface area contributed by atoms with Crippen molar-refractivity contribution in [3.8, 4) is 11.3 Å². The summed E-state index contributed by atoms with van der Waals surface area (Å²) in [6, 6.07) is 9.99. The summed E-state index contributed by atoms with van der Waals surface area (Å²) in [7, 11) is 0. The van der Waals surface area contributed by atoms with Crippen LogP contribution in [0.15, 0.2) is 42.6 Å². The minimum absolute atomic E-state index is 0.0312. The van der Waals surface area contributed by atoms with Crippen LogP contribution in [-0.2, 0) is 4.79 Å². The van der Waals surface area contributed by atoms with Crippen molar-refractivity contribution < 1.29 is 14.7 Å². The number of anilines is 1. The fourth-order valence-corrected chi connectivity index (χ4v) is 2.75. The fourth-order valence-electron chi connectivity index (χ4n) is 2.75. The molecule has 1 aliphatic rings. The van der Waals surface area contributed by atoms with E-state index < -0.39 is 12.0 Å². The van der Waals surface area contributed by atoms with Gasteiger partial charge in [-0.1, -0.05) is 30.3 Å². The number of nitrogens with two attached hydrogens (primary N) is 1. The number of hydrogen-bond acceptors (Lipinski definition) is 4. The third kappa shape index (κ3) is 2.95. The first-order valence-corrected chi connectivity index (χ1v) is 7.86. The molecule has 0 saturated heterocycles. The lowest BCUT2D eigenvalue weighted by Crippen LogP contribution is -2.45. The normalized spacial score (nSPS) is 14.9. The summed E-state index contributed by atoms with van der Waals surface area (Å²) in [5, 5.41) is 9.29. The molecule has 3 rings (SSSR count). The Labute approximate surface area is 139 Å². The lowest BCUT2D eigenvalue weighted by Gasteiger charge is -2.27. The van der Waals surface area contributed by atoms with Crippen molar-refractivity contribution in [2.45, 2.75) is 31.8 Å². The third-order valence-electron chi connectivity index (χ3n) is 4.22. The highest BCUT2D eigenvalue weighted by atomic mass is 16.4. The van der Waals surface area contributed by atoms with Crippen LogP contribution in [0.1, 0.15) is 30.1 Å². The van der Waals surface area contributed by atoms with Crippen LogP contribution in [0.3, 0.4) is 0 Å². The first-order valence-electron chi connectivity index (χ1n) is 7.86. The standard InChI is InChI=1S/C18H19N3O3/c1-11(18(23)24)21(13-7-8-13)17(22)14-9-10-20-16(15(14)19)12-5-3-2-4-6-12/h2-6,9-11,13H,7-8,19H2,1H3,(H,23,24). The predicted molar refractivity (Wildman–Crippen MR) is 90.4 cm³/mol. The Morgan fingerprint density at radius 1 is 1.25 bits per heavy atom. The molecule has 0 radical (unpaired) electrons. The Morgan fingerprint density at radius 3 is 2.50 bits per heavy atom. The quantitative estimate of drug-likeness (QED) is 0.880. The number of carboxylic acids is 1. The minimum Gasteiger partial charge on any atom is -0.480 e. The second-order valence-corrected chi connectivity index (χ2v) is 5.94. The number of aliphatic carboxylic acids is 1. The van der Waals surface area contributed by atoms with Crippen molar-refractivity contribution in [1.29, 1.82) is 0 Å². The molecule has 0 aliphatic heterocycles. The molecule has 24 heavy (non-hydrogen) atoms. The molecule has 1 aliphatic carbocycles. The Kier molecular flexibility index (Phi) is 4.20. The van der Waals surface area contributed by atoms with E-state index in [0.29, 0.717) is 11.3 Å². The van der Waals surface area contributed by atoms with Crippen molar-refractivity contribution in [1.82, 2.24) is 9.88 Å². The molecule has 1 atom stereocenters. The number of rotatable bonds is 5. The van der Waals surface area contributed by atoms with Gasteiger partial charge in [0, 0.05) is 17.8 Å². The molecule has 124 valence electrons. The molecular weight excluding hydrogens is 306 g/mol. The molecular formula is C18H19N3O3. The number of nitrogens with zero attached hydrogens (tertiary/aromatic N) is 2. The maximum Gasteiger partial charge on any atom is 0.326 e. The van der Waals surface area contributed by atoms with Gasteiger partial charge in [0.1, 0.15) is 6.04 Å². The largest absolute Gasteiger partial charge is 0.480 e. The highest BCUT2D eigenvalue weighted by Crippen LogP contribution is 2.33. The van der Waals surface area contributed by atoms with Crippen molar-refractivity contribution in [2.24, 2.45) is 0 Å². The topological polar surface area (TPSA) is 96.5 Å². The van der Waals surface area contributed by atoms with Gasteiger partial charge in [-0.25, -0.2) is 4.79 Å². The second kappa shape index (κ2) is 6.31. The Balaban J connectivity index is 2.00. The maximum absolute atomic E-state index is 12.9. The number of carboxylic acid groups (broad SMARTS) is 1. The van der Waals surface area contributed by atoms with E-state index in [1.54, 1.807) is 6.07 Å². The SMILES string of the molecule is CC(C(=O)O)N(C(=O)c1ccnc(-c2ccccc2)c1N)C1CC1. The third-order valence-corrected chi connectivity index (χ3v) is 4.22. The first kappa shape index (κ1) is 16.0. The fraction of sp³-hybridized carbons (Fsp3) is 0.278. The number of nitrogen functional groups attached to an aromatic ring is 1. The lowest BCUT2D eigenvalue weighted by molar-refractivity contribution is -0.141. The van der Waals surface area contributed by atoms with Gasteiger partial charge in [-0.3, -0.25) is 9.78 Å². The monoisotopic (exact) mass is 325 g/mol. The molecule has 6 nitrogen and oxygen atoms in total. The van der Waals surface area contributed by atoms with Crippen molar-refractivity contribution in [3.63, 3.8) is 0 Å². The molecule has 1 aromatic heterocycles. The number of carbonyl (C=O) groups excluding carboxylic acids is 1. The molecule has 1 heterocycles. The first-order chi connectivity index (χ1) is 11.5. The van der Waals surface area contributed by atoms with Crippen LogP contribution in [0.25, 0.3) is 11.3 Å². The number of amides is 1. The van der Waals surface area contributed by atoms with Crippen LogP contribution in [0.4, 0.5) is 5.69 Å². The van der Waals surface area contributed by atoms with Crippen LogP contribution in [0.2, 0.25) is 0 Å². The van der Waals surface area contributed by atoms with E-state index in [1.165, 1.54) is 18.0 Å². The molecule has 6 heteroatoms. The number of aromatic nitrogens is 1. The highest BCUT2D eigenvalue weighted by Gasteiger charge is 2.39. The molecule has 1 saturated carbocycles. The summed E-state index contributed by atoms with van der Waals surface area (Å²) < 4.78 is 0. The zero-order valence-electron chi connectivity index (χ0n) is 13.3. The van der Waals surface area contributed by atoms with Crippen molar-refractivity contribution in [2.75, 3.05) is 5.73 Å². The van der Waals surface area contributed by atoms with E-state index in [4.69, 9.17) is 5.73 Å². The van der Waals surface area contributed by atoms with Crippen molar-refractivity contribution >= 4 is 17.6 Å². The van der Waals surface area contributed by atoms with E-state index in [2.05, 4.69) is 4.98 Å². The minimum atomic E-state index is -1.02. The van der Waals surface area contributed by atoms with Gasteiger partial charge >= 0.3 is 5.97 Å². The number of pyridine rings is 1. The van der Waals surface area contributed by atoms with Gasteiger partial charge in [-0.05, 0) is 25.8 Å². The van der Waals surface area contributed by atoms with Crippen LogP contribution in [0, 0.1) is 0 Å². The Hall–Kier alpha value is -2.89. The highest BCUT2D eigenvalue weighted by molar-refractivity contribution is 6.03. The molecule has 1 aromatic carbocycles. The van der Waals surface area contributed by atoms with E-state index in [1.807, 2.05) is 30.3 Å². The van der Waals surface area contributed by atoms with Gasteiger partial charge in [-0.15, -0.1) is 0 Å². The van der Waals surface area contributed by atoms with Crippen LogP contribution < -0.4 is 5.73 Å². The lowest BCUT2D eigenvalue weighted by atomic mass is 10.0. The van der Waals surface area contributed by atoms with Gasteiger partial charge < -0.3 is 15.7 Å². The average Bonchev–Trinajstić information content (AvgIpc) is 3.40. The van der Waals surface area contributed by atoms with E-state index in [0.717, 1.165) is 18.4 Å². The summed E-state index contributed by atoms with van der Waals surface area (Å²) >= 11 is 0.